The molecular weight excluding hydrogens is 234 g/mol. The summed E-state index contributed by atoms with van der Waals surface area (Å²) in [6.45, 7) is 0. The summed E-state index contributed by atoms with van der Waals surface area (Å²) in [5.41, 5.74) is 2.88. The van der Waals surface area contributed by atoms with Crippen molar-refractivity contribution >= 4 is 22.9 Å². The molecule has 3 rings (SSSR count). The molecule has 0 aliphatic heterocycles. The van der Waals surface area contributed by atoms with Crippen molar-refractivity contribution in [1.82, 2.24) is 0 Å². The minimum atomic E-state index is 0.772. The van der Waals surface area contributed by atoms with Crippen LogP contribution in [0.15, 0.2) is 66.7 Å². The predicted molar refractivity (Wildman–Crippen MR) is 78.7 cm³/mol. The summed E-state index contributed by atoms with van der Waals surface area (Å²) in [6, 6.07) is 22.1. The third kappa shape index (κ3) is 2.08. The first-order valence-corrected chi connectivity index (χ1v) is 6.10. The van der Waals surface area contributed by atoms with Crippen LogP contribution >= 0.6 is 0 Å². The zero-order chi connectivity index (χ0) is 13.1. The van der Waals surface area contributed by atoms with Crippen LogP contribution in [0.5, 0.6) is 0 Å². The summed E-state index contributed by atoms with van der Waals surface area (Å²) in [5.74, 6) is 0. The first-order valence-electron chi connectivity index (χ1n) is 6.10. The summed E-state index contributed by atoms with van der Waals surface area (Å²) < 4.78 is 0. The molecule has 0 fully saturated rings. The van der Waals surface area contributed by atoms with Crippen molar-refractivity contribution in [3.8, 4) is 11.1 Å². The van der Waals surface area contributed by atoms with E-state index in [0.717, 1.165) is 16.8 Å². The Morgan fingerprint density at radius 3 is 2.32 bits per heavy atom. The molecule has 1 N–H and O–H groups in total. The largest absolute Gasteiger partial charge is 0.317 e. The van der Waals surface area contributed by atoms with Crippen LogP contribution in [-0.2, 0) is 4.79 Å². The smallest absolute Gasteiger partial charge is 0.314 e. The Hall–Kier alpha value is -2.61. The lowest BCUT2D eigenvalue weighted by atomic mass is 9.97. The normalized spacial score (nSPS) is 10.3. The van der Waals surface area contributed by atoms with Crippen molar-refractivity contribution in [2.45, 2.75) is 0 Å². The number of hydrogen-bond donors (Lipinski definition) is 1. The third-order valence-corrected chi connectivity index (χ3v) is 3.19. The zero-order valence-corrected chi connectivity index (χ0v) is 10.3. The number of carbonyl (C=O) groups excluding carboxylic acids is 1. The molecule has 19 heavy (non-hydrogen) atoms. The number of rotatable bonds is 3. The van der Waals surface area contributed by atoms with Gasteiger partial charge >= 0.3 is 6.41 Å². The standard InChI is InChI=1S/C17H12NO/c19-12-18-17-11-4-3-9-16(17)15-10-5-7-13-6-1-2-8-14(13)15/h1-11H,(H,18,19). The fourth-order valence-corrected chi connectivity index (χ4v) is 2.34. The summed E-state index contributed by atoms with van der Waals surface area (Å²) in [6.07, 6.45) is 1.74. The average molecular weight is 246 g/mol. The van der Waals surface area contributed by atoms with Crippen LogP contribution in [-0.4, -0.2) is 6.41 Å². The van der Waals surface area contributed by atoms with Gasteiger partial charge in [0.2, 0.25) is 0 Å². The number of hydrogen-bond acceptors (Lipinski definition) is 1. The monoisotopic (exact) mass is 246 g/mol. The second-order valence-corrected chi connectivity index (χ2v) is 4.30. The molecular formula is C17H12NO. The van der Waals surface area contributed by atoms with Crippen LogP contribution in [0.2, 0.25) is 0 Å². The van der Waals surface area contributed by atoms with Gasteiger partial charge in [0.15, 0.2) is 0 Å². The van der Waals surface area contributed by atoms with E-state index in [1.165, 1.54) is 10.8 Å². The molecule has 0 aliphatic carbocycles. The Kier molecular flexibility index (Phi) is 2.99. The van der Waals surface area contributed by atoms with Gasteiger partial charge < -0.3 is 5.32 Å². The van der Waals surface area contributed by atoms with Gasteiger partial charge in [-0.25, -0.2) is 0 Å². The Bertz CT molecular complexity index is 729. The fraction of sp³-hybridized carbons (Fsp3) is 0. The quantitative estimate of drug-likeness (QED) is 0.696. The first kappa shape index (κ1) is 11.5. The van der Waals surface area contributed by atoms with Crippen molar-refractivity contribution < 1.29 is 4.79 Å². The molecule has 0 bridgehead atoms. The zero-order valence-electron chi connectivity index (χ0n) is 10.3. The minimum absolute atomic E-state index is 0.772. The average Bonchev–Trinajstić information content (AvgIpc) is 2.48. The van der Waals surface area contributed by atoms with Crippen molar-refractivity contribution in [2.24, 2.45) is 0 Å². The van der Waals surface area contributed by atoms with E-state index in [4.69, 9.17) is 0 Å². The van der Waals surface area contributed by atoms with Gasteiger partial charge in [-0.05, 0) is 22.4 Å². The van der Waals surface area contributed by atoms with E-state index >= 15 is 0 Å². The maximum Gasteiger partial charge on any atom is 0.314 e. The highest BCUT2D eigenvalue weighted by atomic mass is 16.1. The molecule has 0 saturated carbocycles. The molecule has 0 spiro atoms. The molecule has 0 unspecified atom stereocenters. The summed E-state index contributed by atoms with van der Waals surface area (Å²) in [7, 11) is 0. The minimum Gasteiger partial charge on any atom is -0.317 e. The second-order valence-electron chi connectivity index (χ2n) is 4.30. The maximum atomic E-state index is 10.6. The van der Waals surface area contributed by atoms with Crippen molar-refractivity contribution in [2.75, 3.05) is 5.32 Å². The molecule has 0 heterocycles. The van der Waals surface area contributed by atoms with Gasteiger partial charge in [0, 0.05) is 11.3 Å². The van der Waals surface area contributed by atoms with Gasteiger partial charge in [0.05, 0.1) is 0 Å². The van der Waals surface area contributed by atoms with E-state index in [9.17, 15) is 4.79 Å². The van der Waals surface area contributed by atoms with Gasteiger partial charge in [-0.1, -0.05) is 60.7 Å². The maximum absolute atomic E-state index is 10.6. The van der Waals surface area contributed by atoms with Gasteiger partial charge in [-0.2, -0.15) is 0 Å². The molecule has 0 aromatic heterocycles. The fourth-order valence-electron chi connectivity index (χ4n) is 2.34. The summed E-state index contributed by atoms with van der Waals surface area (Å²) >= 11 is 0. The molecule has 0 aliphatic rings. The molecule has 2 heteroatoms. The van der Waals surface area contributed by atoms with Crippen molar-refractivity contribution in [3.05, 3.63) is 66.7 Å². The number of benzene rings is 3. The highest BCUT2D eigenvalue weighted by Crippen LogP contribution is 2.33. The van der Waals surface area contributed by atoms with Crippen LogP contribution in [0.1, 0.15) is 0 Å². The molecule has 3 aromatic rings. The lowest BCUT2D eigenvalue weighted by Crippen LogP contribution is -1.96. The Balaban J connectivity index is 2.27. The Morgan fingerprint density at radius 2 is 1.42 bits per heavy atom. The Morgan fingerprint density at radius 1 is 0.737 bits per heavy atom. The van der Waals surface area contributed by atoms with Gasteiger partial charge in [-0.15, -0.1) is 0 Å². The Labute approximate surface area is 111 Å². The molecule has 91 valence electrons. The van der Waals surface area contributed by atoms with Crippen molar-refractivity contribution in [1.29, 1.82) is 0 Å². The number of nitrogens with one attached hydrogen (secondary N) is 1. The number of anilines is 1. The van der Waals surface area contributed by atoms with Crippen LogP contribution in [0.25, 0.3) is 21.9 Å². The predicted octanol–water partition coefficient (Wildman–Crippen LogP) is 3.99. The van der Waals surface area contributed by atoms with E-state index in [1.54, 1.807) is 6.41 Å². The molecule has 0 atom stereocenters. The van der Waals surface area contributed by atoms with Gasteiger partial charge in [0.1, 0.15) is 0 Å². The molecule has 1 radical (unpaired) electrons. The lowest BCUT2D eigenvalue weighted by Gasteiger charge is -2.10. The van der Waals surface area contributed by atoms with E-state index in [2.05, 4.69) is 29.6 Å². The van der Waals surface area contributed by atoms with Gasteiger partial charge in [0.25, 0.3) is 0 Å². The van der Waals surface area contributed by atoms with E-state index in [1.807, 2.05) is 42.5 Å². The van der Waals surface area contributed by atoms with Crippen LogP contribution in [0.4, 0.5) is 5.69 Å². The van der Waals surface area contributed by atoms with E-state index < -0.39 is 0 Å². The SMILES string of the molecule is O=[C]Nc1ccccc1-c1cccc2ccccc12. The van der Waals surface area contributed by atoms with Crippen LogP contribution in [0.3, 0.4) is 0 Å². The number of para-hydroxylation sites is 1. The van der Waals surface area contributed by atoms with E-state index in [-0.39, 0.29) is 0 Å². The lowest BCUT2D eigenvalue weighted by molar-refractivity contribution is 0.561. The number of amides is 1. The molecule has 2 nitrogen and oxygen atoms in total. The van der Waals surface area contributed by atoms with E-state index in [0.29, 0.717) is 0 Å². The van der Waals surface area contributed by atoms with Crippen molar-refractivity contribution in [3.63, 3.8) is 0 Å². The van der Waals surface area contributed by atoms with Crippen LogP contribution in [0, 0.1) is 0 Å². The van der Waals surface area contributed by atoms with Crippen LogP contribution < -0.4 is 5.32 Å². The second kappa shape index (κ2) is 4.94. The third-order valence-electron chi connectivity index (χ3n) is 3.19. The highest BCUT2D eigenvalue weighted by molar-refractivity contribution is 6.00. The number of fused-ring (bicyclic) bond motifs is 1. The molecule has 3 aromatic carbocycles. The first-order chi connectivity index (χ1) is 9.40. The van der Waals surface area contributed by atoms with Gasteiger partial charge in [-0.3, -0.25) is 4.79 Å². The molecule has 1 amide bonds. The molecule has 0 saturated heterocycles. The topological polar surface area (TPSA) is 29.1 Å². The summed E-state index contributed by atoms with van der Waals surface area (Å²) in [4.78, 5) is 10.6. The summed E-state index contributed by atoms with van der Waals surface area (Å²) in [5, 5.41) is 4.99. The highest BCUT2D eigenvalue weighted by Gasteiger charge is 2.07.